The maximum atomic E-state index is 11.5. The van der Waals surface area contributed by atoms with Gasteiger partial charge in [-0.05, 0) is 19.1 Å². The summed E-state index contributed by atoms with van der Waals surface area (Å²) in [4.78, 5) is 32.9. The molecular formula is C13H16N2O4. The van der Waals surface area contributed by atoms with Gasteiger partial charge in [0.1, 0.15) is 6.54 Å². The molecule has 0 unspecified atom stereocenters. The first-order valence-corrected chi connectivity index (χ1v) is 5.82. The Hall–Kier alpha value is -2.37. The lowest BCUT2D eigenvalue weighted by Gasteiger charge is -2.05. The number of rotatable bonds is 6. The third-order valence-electron chi connectivity index (χ3n) is 2.35. The van der Waals surface area contributed by atoms with Gasteiger partial charge in [0.05, 0.1) is 0 Å². The quantitative estimate of drug-likeness (QED) is 0.711. The molecule has 1 aromatic rings. The lowest BCUT2D eigenvalue weighted by molar-refractivity contribution is -0.138. The average molecular weight is 264 g/mol. The number of carbonyl (C=O) groups is 3. The van der Waals surface area contributed by atoms with E-state index in [1.54, 1.807) is 12.1 Å². The SMILES string of the molecule is Cc1ccc(NC(=O)CCC(=O)NCC(=O)O)cc1. The fourth-order valence-corrected chi connectivity index (χ4v) is 1.35. The number of carboxylic acids is 1. The van der Waals surface area contributed by atoms with E-state index in [9.17, 15) is 14.4 Å². The smallest absolute Gasteiger partial charge is 0.322 e. The van der Waals surface area contributed by atoms with E-state index in [0.717, 1.165) is 5.56 Å². The van der Waals surface area contributed by atoms with Crippen LogP contribution in [0.5, 0.6) is 0 Å². The second-order valence-corrected chi connectivity index (χ2v) is 4.08. The highest BCUT2D eigenvalue weighted by atomic mass is 16.4. The average Bonchev–Trinajstić information content (AvgIpc) is 2.36. The van der Waals surface area contributed by atoms with Gasteiger partial charge in [0.15, 0.2) is 0 Å². The van der Waals surface area contributed by atoms with Crippen LogP contribution in [-0.4, -0.2) is 29.4 Å². The fraction of sp³-hybridized carbons (Fsp3) is 0.308. The van der Waals surface area contributed by atoms with Gasteiger partial charge < -0.3 is 15.7 Å². The number of hydrogen-bond donors (Lipinski definition) is 3. The summed E-state index contributed by atoms with van der Waals surface area (Å²) >= 11 is 0. The molecule has 0 spiro atoms. The van der Waals surface area contributed by atoms with Gasteiger partial charge in [-0.1, -0.05) is 17.7 Å². The molecule has 0 aromatic heterocycles. The molecule has 0 radical (unpaired) electrons. The van der Waals surface area contributed by atoms with Crippen molar-refractivity contribution < 1.29 is 19.5 Å². The van der Waals surface area contributed by atoms with Crippen molar-refractivity contribution in [3.8, 4) is 0 Å². The summed E-state index contributed by atoms with van der Waals surface area (Å²) in [6.07, 6.45) is -0.0235. The van der Waals surface area contributed by atoms with Crippen LogP contribution in [0.25, 0.3) is 0 Å². The van der Waals surface area contributed by atoms with Gasteiger partial charge in [-0.15, -0.1) is 0 Å². The minimum Gasteiger partial charge on any atom is -0.480 e. The lowest BCUT2D eigenvalue weighted by atomic mass is 10.2. The summed E-state index contributed by atoms with van der Waals surface area (Å²) in [5, 5.41) is 13.2. The minimum atomic E-state index is -1.11. The zero-order valence-corrected chi connectivity index (χ0v) is 10.6. The van der Waals surface area contributed by atoms with E-state index in [2.05, 4.69) is 10.6 Å². The Labute approximate surface area is 110 Å². The molecular weight excluding hydrogens is 248 g/mol. The Bertz CT molecular complexity index is 468. The molecule has 6 heteroatoms. The molecule has 0 bridgehead atoms. The summed E-state index contributed by atoms with van der Waals surface area (Å²) in [5.41, 5.74) is 1.76. The Morgan fingerprint density at radius 1 is 1.05 bits per heavy atom. The Kier molecular flexibility index (Phi) is 5.53. The molecule has 6 nitrogen and oxygen atoms in total. The molecule has 0 aliphatic heterocycles. The summed E-state index contributed by atoms with van der Waals surface area (Å²) < 4.78 is 0. The number of aliphatic carboxylic acids is 1. The Balaban J connectivity index is 2.29. The van der Waals surface area contributed by atoms with Crippen molar-refractivity contribution in [1.29, 1.82) is 0 Å². The molecule has 0 fully saturated rings. The third kappa shape index (κ3) is 6.21. The van der Waals surface area contributed by atoms with Crippen LogP contribution in [0.4, 0.5) is 5.69 Å². The zero-order valence-electron chi connectivity index (χ0n) is 10.6. The maximum Gasteiger partial charge on any atom is 0.322 e. The van der Waals surface area contributed by atoms with Gasteiger partial charge in [0, 0.05) is 18.5 Å². The van der Waals surface area contributed by atoms with Crippen LogP contribution >= 0.6 is 0 Å². The van der Waals surface area contributed by atoms with Crippen LogP contribution in [0, 0.1) is 6.92 Å². The first kappa shape index (κ1) is 14.7. The third-order valence-corrected chi connectivity index (χ3v) is 2.35. The van der Waals surface area contributed by atoms with Crippen molar-refractivity contribution in [3.63, 3.8) is 0 Å². The standard InChI is InChI=1S/C13H16N2O4/c1-9-2-4-10(5-3-9)15-12(17)7-6-11(16)14-8-13(18)19/h2-5H,6-8H2,1H3,(H,14,16)(H,15,17)(H,18,19). The molecule has 2 amide bonds. The lowest BCUT2D eigenvalue weighted by Crippen LogP contribution is -2.29. The topological polar surface area (TPSA) is 95.5 Å². The van der Waals surface area contributed by atoms with E-state index in [4.69, 9.17) is 5.11 Å². The van der Waals surface area contributed by atoms with Crippen molar-refractivity contribution in [3.05, 3.63) is 29.8 Å². The number of aryl methyl sites for hydroxylation is 1. The van der Waals surface area contributed by atoms with E-state index < -0.39 is 18.4 Å². The van der Waals surface area contributed by atoms with Crippen molar-refractivity contribution in [2.45, 2.75) is 19.8 Å². The first-order chi connectivity index (χ1) is 8.97. The highest BCUT2D eigenvalue weighted by Gasteiger charge is 2.08. The number of hydrogen-bond acceptors (Lipinski definition) is 3. The zero-order chi connectivity index (χ0) is 14.3. The van der Waals surface area contributed by atoms with Crippen LogP contribution in [0.3, 0.4) is 0 Å². The van der Waals surface area contributed by atoms with E-state index >= 15 is 0 Å². The summed E-state index contributed by atoms with van der Waals surface area (Å²) in [5.74, 6) is -1.85. The van der Waals surface area contributed by atoms with E-state index in [1.165, 1.54) is 0 Å². The largest absolute Gasteiger partial charge is 0.480 e. The van der Waals surface area contributed by atoms with Crippen molar-refractivity contribution in [2.75, 3.05) is 11.9 Å². The molecule has 19 heavy (non-hydrogen) atoms. The van der Waals surface area contributed by atoms with Crippen LogP contribution in [-0.2, 0) is 14.4 Å². The number of benzene rings is 1. The Morgan fingerprint density at radius 2 is 1.63 bits per heavy atom. The molecule has 0 aliphatic carbocycles. The van der Waals surface area contributed by atoms with Crippen LogP contribution < -0.4 is 10.6 Å². The van der Waals surface area contributed by atoms with Crippen molar-refractivity contribution >= 4 is 23.5 Å². The second kappa shape index (κ2) is 7.15. The predicted molar refractivity (Wildman–Crippen MR) is 69.7 cm³/mol. The summed E-state index contributed by atoms with van der Waals surface area (Å²) in [6.45, 7) is 1.51. The molecule has 3 N–H and O–H groups in total. The Morgan fingerprint density at radius 3 is 2.21 bits per heavy atom. The molecule has 1 rings (SSSR count). The molecule has 0 atom stereocenters. The fourth-order valence-electron chi connectivity index (χ4n) is 1.35. The molecule has 0 aliphatic rings. The number of nitrogens with one attached hydrogen (secondary N) is 2. The highest BCUT2D eigenvalue weighted by molar-refractivity contribution is 5.93. The molecule has 0 saturated carbocycles. The van der Waals surface area contributed by atoms with Gasteiger partial charge >= 0.3 is 5.97 Å². The first-order valence-electron chi connectivity index (χ1n) is 5.82. The number of amides is 2. The van der Waals surface area contributed by atoms with Gasteiger partial charge in [-0.3, -0.25) is 14.4 Å². The molecule has 102 valence electrons. The van der Waals surface area contributed by atoms with Crippen molar-refractivity contribution in [2.24, 2.45) is 0 Å². The van der Waals surface area contributed by atoms with Gasteiger partial charge in [-0.25, -0.2) is 0 Å². The number of carbonyl (C=O) groups excluding carboxylic acids is 2. The van der Waals surface area contributed by atoms with Crippen molar-refractivity contribution in [1.82, 2.24) is 5.32 Å². The molecule has 1 aromatic carbocycles. The normalized spacial score (nSPS) is 9.74. The maximum absolute atomic E-state index is 11.5. The van der Waals surface area contributed by atoms with E-state index in [0.29, 0.717) is 5.69 Å². The van der Waals surface area contributed by atoms with E-state index in [-0.39, 0.29) is 18.7 Å². The molecule has 0 heterocycles. The minimum absolute atomic E-state index is 0.0132. The van der Waals surface area contributed by atoms with Gasteiger partial charge in [0.2, 0.25) is 11.8 Å². The predicted octanol–water partition coefficient (Wildman–Crippen LogP) is 0.915. The van der Waals surface area contributed by atoms with E-state index in [1.807, 2.05) is 19.1 Å². The summed E-state index contributed by atoms with van der Waals surface area (Å²) in [6, 6.07) is 7.29. The highest BCUT2D eigenvalue weighted by Crippen LogP contribution is 2.09. The van der Waals surface area contributed by atoms with Crippen LogP contribution in [0.15, 0.2) is 24.3 Å². The van der Waals surface area contributed by atoms with Gasteiger partial charge in [0.25, 0.3) is 0 Å². The monoisotopic (exact) mass is 264 g/mol. The van der Waals surface area contributed by atoms with Gasteiger partial charge in [-0.2, -0.15) is 0 Å². The number of carboxylic acid groups (broad SMARTS) is 1. The molecule has 0 saturated heterocycles. The number of anilines is 1. The van der Waals surface area contributed by atoms with Crippen LogP contribution in [0.1, 0.15) is 18.4 Å². The van der Waals surface area contributed by atoms with Crippen LogP contribution in [0.2, 0.25) is 0 Å². The second-order valence-electron chi connectivity index (χ2n) is 4.08. The summed E-state index contributed by atoms with van der Waals surface area (Å²) in [7, 11) is 0.